The van der Waals surface area contributed by atoms with Crippen LogP contribution in [0, 0.1) is 0 Å². The van der Waals surface area contributed by atoms with E-state index in [4.69, 9.17) is 4.42 Å². The molecule has 0 saturated carbocycles. The zero-order valence-electron chi connectivity index (χ0n) is 24.3. The summed E-state index contributed by atoms with van der Waals surface area (Å²) >= 11 is 0. The first-order valence-corrected chi connectivity index (χ1v) is 15.4. The fourth-order valence-electron chi connectivity index (χ4n) is 7.42. The third-order valence-corrected chi connectivity index (χ3v) is 9.32. The first kappa shape index (κ1) is 24.4. The average molecular weight is 575 g/mol. The van der Waals surface area contributed by atoms with Crippen LogP contribution >= 0.6 is 0 Å². The molecule has 0 spiro atoms. The molecule has 0 unspecified atom stereocenters. The first-order valence-electron chi connectivity index (χ1n) is 15.4. The van der Waals surface area contributed by atoms with Gasteiger partial charge in [-0.05, 0) is 59.7 Å². The second kappa shape index (κ2) is 9.22. The lowest BCUT2D eigenvalue weighted by atomic mass is 9.98. The molecule has 3 aromatic heterocycles. The van der Waals surface area contributed by atoms with E-state index in [1.165, 1.54) is 43.7 Å². The lowest BCUT2D eigenvalue weighted by molar-refractivity contribution is 0.666. The maximum absolute atomic E-state index is 6.55. The molecule has 0 aliphatic rings. The Bertz CT molecular complexity index is 2760. The van der Waals surface area contributed by atoms with Gasteiger partial charge in [-0.25, -0.2) is 0 Å². The highest BCUT2D eigenvalue weighted by atomic mass is 16.3. The molecule has 0 saturated heterocycles. The van der Waals surface area contributed by atoms with Crippen LogP contribution in [0.5, 0.6) is 0 Å². The van der Waals surface area contributed by atoms with Crippen LogP contribution in [-0.4, -0.2) is 9.13 Å². The van der Waals surface area contributed by atoms with Crippen LogP contribution in [0.15, 0.2) is 162 Å². The zero-order valence-corrected chi connectivity index (χ0v) is 24.3. The monoisotopic (exact) mass is 574 g/mol. The van der Waals surface area contributed by atoms with Crippen molar-refractivity contribution in [3.05, 3.63) is 158 Å². The third kappa shape index (κ3) is 3.41. The summed E-state index contributed by atoms with van der Waals surface area (Å²) in [6, 6.07) is 56.5. The Hall–Kier alpha value is -6.06. The van der Waals surface area contributed by atoms with Gasteiger partial charge >= 0.3 is 0 Å². The summed E-state index contributed by atoms with van der Waals surface area (Å²) in [4.78, 5) is 0. The Labute approximate surface area is 258 Å². The van der Waals surface area contributed by atoms with Gasteiger partial charge in [-0.2, -0.15) is 0 Å². The van der Waals surface area contributed by atoms with Crippen LogP contribution in [0.1, 0.15) is 0 Å². The molecular formula is C42H26N2O. The lowest BCUT2D eigenvalue weighted by Gasteiger charge is -2.11. The van der Waals surface area contributed by atoms with Crippen molar-refractivity contribution < 1.29 is 4.42 Å². The highest BCUT2D eigenvalue weighted by Crippen LogP contribution is 2.42. The summed E-state index contributed by atoms with van der Waals surface area (Å²) in [6.45, 7) is 0. The fraction of sp³-hybridized carbons (Fsp3) is 0. The number of para-hydroxylation sites is 5. The number of rotatable bonds is 3. The number of benzene rings is 7. The quantitative estimate of drug-likeness (QED) is 0.206. The van der Waals surface area contributed by atoms with Crippen LogP contribution in [-0.2, 0) is 0 Å². The summed E-state index contributed by atoms with van der Waals surface area (Å²) in [5.74, 6) is 0. The van der Waals surface area contributed by atoms with Gasteiger partial charge in [0.2, 0.25) is 0 Å². The minimum atomic E-state index is 0.903. The Morgan fingerprint density at radius 1 is 0.400 bits per heavy atom. The molecule has 0 N–H and O–H groups in total. The van der Waals surface area contributed by atoms with Gasteiger partial charge in [-0.15, -0.1) is 0 Å². The molecule has 0 radical (unpaired) electrons. The van der Waals surface area contributed by atoms with Crippen molar-refractivity contribution >= 4 is 65.6 Å². The topological polar surface area (TPSA) is 23.0 Å². The minimum absolute atomic E-state index is 0.903. The van der Waals surface area contributed by atoms with E-state index in [1.54, 1.807) is 0 Å². The summed E-state index contributed by atoms with van der Waals surface area (Å²) in [5, 5.41) is 7.23. The summed E-state index contributed by atoms with van der Waals surface area (Å²) in [7, 11) is 0. The van der Waals surface area contributed by atoms with E-state index in [1.807, 2.05) is 6.07 Å². The molecule has 3 heterocycles. The maximum Gasteiger partial charge on any atom is 0.159 e. The Morgan fingerprint density at radius 2 is 1.04 bits per heavy atom. The van der Waals surface area contributed by atoms with Crippen molar-refractivity contribution in [1.29, 1.82) is 0 Å². The van der Waals surface area contributed by atoms with Gasteiger partial charge in [0, 0.05) is 38.0 Å². The van der Waals surface area contributed by atoms with Gasteiger partial charge < -0.3 is 13.6 Å². The molecule has 0 amide bonds. The van der Waals surface area contributed by atoms with Crippen molar-refractivity contribution in [2.45, 2.75) is 0 Å². The van der Waals surface area contributed by atoms with E-state index in [-0.39, 0.29) is 0 Å². The van der Waals surface area contributed by atoms with Crippen molar-refractivity contribution in [1.82, 2.24) is 9.13 Å². The third-order valence-electron chi connectivity index (χ3n) is 9.32. The van der Waals surface area contributed by atoms with Gasteiger partial charge in [-0.1, -0.05) is 109 Å². The minimum Gasteiger partial charge on any atom is -0.454 e. The van der Waals surface area contributed by atoms with Crippen LogP contribution in [0.2, 0.25) is 0 Å². The molecule has 3 heteroatoms. The molecule has 3 nitrogen and oxygen atoms in total. The Balaban J connectivity index is 1.29. The molecular weight excluding hydrogens is 548 g/mol. The largest absolute Gasteiger partial charge is 0.454 e. The number of nitrogens with zero attached hydrogens (tertiary/aromatic N) is 2. The number of hydrogen-bond acceptors (Lipinski definition) is 1. The number of fused-ring (bicyclic) bond motifs is 9. The van der Waals surface area contributed by atoms with E-state index in [0.29, 0.717) is 0 Å². The molecule has 0 fully saturated rings. The van der Waals surface area contributed by atoms with Crippen LogP contribution < -0.4 is 0 Å². The van der Waals surface area contributed by atoms with Gasteiger partial charge in [0.05, 0.1) is 27.8 Å². The highest BCUT2D eigenvalue weighted by Gasteiger charge is 2.20. The number of furan rings is 1. The summed E-state index contributed by atoms with van der Waals surface area (Å²) in [6.07, 6.45) is 0. The van der Waals surface area contributed by atoms with Crippen molar-refractivity contribution in [2.75, 3.05) is 0 Å². The molecule has 0 bridgehead atoms. The average Bonchev–Trinajstić information content (AvgIpc) is 3.76. The van der Waals surface area contributed by atoms with E-state index < -0.39 is 0 Å². The summed E-state index contributed by atoms with van der Waals surface area (Å²) < 4.78 is 11.3. The zero-order chi connectivity index (χ0) is 29.5. The second-order valence-corrected chi connectivity index (χ2v) is 11.7. The van der Waals surface area contributed by atoms with Crippen LogP contribution in [0.4, 0.5) is 0 Å². The smallest absolute Gasteiger partial charge is 0.159 e. The van der Waals surface area contributed by atoms with Gasteiger partial charge in [-0.3, -0.25) is 0 Å². The fourth-order valence-corrected chi connectivity index (χ4v) is 7.42. The standard InChI is InChI=1S/C42H26N2O/c1-2-12-28(13-3-1)43-36-20-8-5-16-34(36)41-29(17-10-21-37(41)43)27-24-25-31-30-14-4-7-19-35(30)44(39(31)26-27)38-22-11-18-33-32-15-6-9-23-40(32)45-42(33)38/h1-26H. The van der Waals surface area contributed by atoms with Crippen molar-refractivity contribution in [3.8, 4) is 22.5 Å². The molecule has 45 heavy (non-hydrogen) atoms. The predicted molar refractivity (Wildman–Crippen MR) is 188 cm³/mol. The molecule has 0 atom stereocenters. The maximum atomic E-state index is 6.55. The van der Waals surface area contributed by atoms with E-state index in [2.05, 4.69) is 161 Å². The SMILES string of the molecule is c1ccc(-n2c3ccccc3c3c(-c4ccc5c6ccccc6n(-c6cccc7c6oc6ccccc67)c5c4)cccc32)cc1. The van der Waals surface area contributed by atoms with Crippen LogP contribution in [0.3, 0.4) is 0 Å². The van der Waals surface area contributed by atoms with Gasteiger partial charge in [0.25, 0.3) is 0 Å². The normalized spacial score (nSPS) is 12.0. The van der Waals surface area contributed by atoms with Crippen LogP contribution in [0.25, 0.3) is 88.1 Å². The molecule has 0 aliphatic heterocycles. The first-order chi connectivity index (χ1) is 22.3. The molecule has 0 aliphatic carbocycles. The van der Waals surface area contributed by atoms with Gasteiger partial charge in [0.1, 0.15) is 5.58 Å². The predicted octanol–water partition coefficient (Wildman–Crippen LogP) is 11.4. The van der Waals surface area contributed by atoms with E-state index in [9.17, 15) is 0 Å². The molecule has 7 aromatic carbocycles. The number of hydrogen-bond donors (Lipinski definition) is 0. The molecule has 10 rings (SSSR count). The second-order valence-electron chi connectivity index (χ2n) is 11.7. The van der Waals surface area contributed by atoms with E-state index >= 15 is 0 Å². The Kier molecular flexibility index (Phi) is 5.00. The summed E-state index contributed by atoms with van der Waals surface area (Å²) in [5.41, 5.74) is 11.2. The van der Waals surface area contributed by atoms with Crippen molar-refractivity contribution in [2.24, 2.45) is 0 Å². The molecule has 210 valence electrons. The highest BCUT2D eigenvalue weighted by molar-refractivity contribution is 6.17. The molecule has 10 aromatic rings. The van der Waals surface area contributed by atoms with E-state index in [0.717, 1.165) is 44.3 Å². The lowest BCUT2D eigenvalue weighted by Crippen LogP contribution is -1.94. The Morgan fingerprint density at radius 3 is 1.91 bits per heavy atom. The van der Waals surface area contributed by atoms with Gasteiger partial charge in [0.15, 0.2) is 5.58 Å². The van der Waals surface area contributed by atoms with Crippen molar-refractivity contribution in [3.63, 3.8) is 0 Å². The number of aromatic nitrogens is 2.